The van der Waals surface area contributed by atoms with Crippen LogP contribution in [0.1, 0.15) is 4.88 Å². The molecule has 0 saturated heterocycles. The van der Waals surface area contributed by atoms with Gasteiger partial charge in [0.25, 0.3) is 0 Å². The standard InChI is InChI=1S/C16H12N4S/c1-11-6-7-14(21-11)16-19-13-5-3-9-18-15(13)20(16)12-4-2-8-17-10-12/h2-10H,1H3. The molecule has 0 aliphatic heterocycles. The average molecular weight is 292 g/mol. The number of aryl methyl sites for hydroxylation is 1. The lowest BCUT2D eigenvalue weighted by atomic mass is 10.3. The van der Waals surface area contributed by atoms with Crippen molar-refractivity contribution in [1.82, 2.24) is 19.5 Å². The predicted octanol–water partition coefficient (Wildman–Crippen LogP) is 3.85. The monoisotopic (exact) mass is 292 g/mol. The minimum absolute atomic E-state index is 0.853. The Bertz CT molecular complexity index is 908. The van der Waals surface area contributed by atoms with Crippen molar-refractivity contribution in [3.63, 3.8) is 0 Å². The molecule has 0 bridgehead atoms. The van der Waals surface area contributed by atoms with Crippen molar-refractivity contribution in [3.05, 3.63) is 59.9 Å². The van der Waals surface area contributed by atoms with E-state index in [0.717, 1.165) is 27.6 Å². The smallest absolute Gasteiger partial charge is 0.165 e. The number of fused-ring (bicyclic) bond motifs is 1. The Hall–Kier alpha value is -2.53. The molecule has 0 amide bonds. The van der Waals surface area contributed by atoms with Crippen molar-refractivity contribution >= 4 is 22.5 Å². The van der Waals surface area contributed by atoms with Crippen LogP contribution in [0.25, 0.3) is 27.6 Å². The van der Waals surface area contributed by atoms with E-state index in [1.54, 1.807) is 23.7 Å². The molecule has 0 aliphatic rings. The number of aromatic nitrogens is 4. The Kier molecular flexibility index (Phi) is 2.79. The number of pyridine rings is 2. The molecule has 4 aromatic rings. The highest BCUT2D eigenvalue weighted by atomic mass is 32.1. The zero-order valence-electron chi connectivity index (χ0n) is 11.4. The van der Waals surface area contributed by atoms with E-state index < -0.39 is 0 Å². The summed E-state index contributed by atoms with van der Waals surface area (Å²) in [7, 11) is 0. The molecule has 0 radical (unpaired) electrons. The van der Waals surface area contributed by atoms with Crippen molar-refractivity contribution in [3.8, 4) is 16.4 Å². The Balaban J connectivity index is 2.06. The SMILES string of the molecule is Cc1ccc(-c2nc3cccnc3n2-c2cccnc2)s1. The number of rotatable bonds is 2. The lowest BCUT2D eigenvalue weighted by Crippen LogP contribution is -1.98. The highest BCUT2D eigenvalue weighted by molar-refractivity contribution is 7.15. The van der Waals surface area contributed by atoms with Gasteiger partial charge in [0.1, 0.15) is 5.52 Å². The van der Waals surface area contributed by atoms with Crippen LogP contribution in [0.5, 0.6) is 0 Å². The molecule has 4 rings (SSSR count). The van der Waals surface area contributed by atoms with Gasteiger partial charge in [-0.1, -0.05) is 0 Å². The molecule has 0 aromatic carbocycles. The fourth-order valence-corrected chi connectivity index (χ4v) is 3.21. The number of imidazole rings is 1. The van der Waals surface area contributed by atoms with Gasteiger partial charge in [-0.2, -0.15) is 0 Å². The molecule has 4 aromatic heterocycles. The van der Waals surface area contributed by atoms with E-state index in [0.29, 0.717) is 0 Å². The summed E-state index contributed by atoms with van der Waals surface area (Å²) in [6.07, 6.45) is 5.39. The van der Waals surface area contributed by atoms with Gasteiger partial charge in [0.15, 0.2) is 11.5 Å². The van der Waals surface area contributed by atoms with Crippen molar-refractivity contribution in [2.24, 2.45) is 0 Å². The van der Waals surface area contributed by atoms with E-state index in [1.807, 2.05) is 30.5 Å². The van der Waals surface area contributed by atoms with Crippen LogP contribution in [0.3, 0.4) is 0 Å². The number of hydrogen-bond donors (Lipinski definition) is 0. The quantitative estimate of drug-likeness (QED) is 0.563. The van der Waals surface area contributed by atoms with Crippen LogP contribution in [0.15, 0.2) is 55.0 Å². The third-order valence-corrected chi connectivity index (χ3v) is 4.28. The van der Waals surface area contributed by atoms with Gasteiger partial charge in [-0.15, -0.1) is 11.3 Å². The van der Waals surface area contributed by atoms with Gasteiger partial charge in [0.2, 0.25) is 0 Å². The minimum atomic E-state index is 0.853. The Morgan fingerprint density at radius 1 is 1.05 bits per heavy atom. The Labute approximate surface area is 125 Å². The average Bonchev–Trinajstić information content (AvgIpc) is 3.11. The van der Waals surface area contributed by atoms with Crippen LogP contribution in [0, 0.1) is 6.92 Å². The van der Waals surface area contributed by atoms with Gasteiger partial charge in [-0.05, 0) is 43.3 Å². The maximum absolute atomic E-state index is 4.76. The molecule has 0 aliphatic carbocycles. The molecular weight excluding hydrogens is 280 g/mol. The summed E-state index contributed by atoms with van der Waals surface area (Å²) in [4.78, 5) is 15.9. The second-order valence-electron chi connectivity index (χ2n) is 4.74. The lowest BCUT2D eigenvalue weighted by Gasteiger charge is -2.06. The molecule has 21 heavy (non-hydrogen) atoms. The number of hydrogen-bond acceptors (Lipinski definition) is 4. The number of thiophene rings is 1. The first-order valence-electron chi connectivity index (χ1n) is 6.63. The molecule has 0 unspecified atom stereocenters. The summed E-state index contributed by atoms with van der Waals surface area (Å²) in [5.74, 6) is 0.912. The predicted molar refractivity (Wildman–Crippen MR) is 84.7 cm³/mol. The van der Waals surface area contributed by atoms with E-state index in [-0.39, 0.29) is 0 Å². The fraction of sp³-hybridized carbons (Fsp3) is 0.0625. The van der Waals surface area contributed by atoms with Gasteiger partial charge in [0, 0.05) is 17.3 Å². The van der Waals surface area contributed by atoms with Crippen LogP contribution in [0.2, 0.25) is 0 Å². The van der Waals surface area contributed by atoms with E-state index in [4.69, 9.17) is 4.98 Å². The third kappa shape index (κ3) is 2.02. The second-order valence-corrected chi connectivity index (χ2v) is 6.03. The van der Waals surface area contributed by atoms with Crippen LogP contribution in [-0.4, -0.2) is 19.5 Å². The lowest BCUT2D eigenvalue weighted by molar-refractivity contribution is 1.06. The summed E-state index contributed by atoms with van der Waals surface area (Å²) in [6, 6.07) is 12.1. The molecule has 102 valence electrons. The summed E-state index contributed by atoms with van der Waals surface area (Å²) in [5, 5.41) is 0. The van der Waals surface area contributed by atoms with Crippen molar-refractivity contribution in [1.29, 1.82) is 0 Å². The zero-order valence-corrected chi connectivity index (χ0v) is 12.2. The van der Waals surface area contributed by atoms with Crippen LogP contribution in [0.4, 0.5) is 0 Å². The van der Waals surface area contributed by atoms with E-state index in [9.17, 15) is 0 Å². The second kappa shape index (κ2) is 4.79. The molecule has 0 N–H and O–H groups in total. The molecule has 4 nitrogen and oxygen atoms in total. The molecule has 0 fully saturated rings. The Morgan fingerprint density at radius 3 is 2.71 bits per heavy atom. The fourth-order valence-electron chi connectivity index (χ4n) is 2.36. The molecular formula is C16H12N4S. The first-order valence-corrected chi connectivity index (χ1v) is 7.45. The highest BCUT2D eigenvalue weighted by Gasteiger charge is 2.16. The third-order valence-electron chi connectivity index (χ3n) is 3.28. The summed E-state index contributed by atoms with van der Waals surface area (Å²) >= 11 is 1.73. The first kappa shape index (κ1) is 12.2. The molecule has 0 atom stereocenters. The number of nitrogens with zero attached hydrogens (tertiary/aromatic N) is 4. The largest absolute Gasteiger partial charge is 0.274 e. The Morgan fingerprint density at radius 2 is 1.95 bits per heavy atom. The van der Waals surface area contributed by atoms with Crippen LogP contribution < -0.4 is 0 Å². The molecule has 4 heterocycles. The first-order chi connectivity index (χ1) is 10.3. The van der Waals surface area contributed by atoms with Crippen molar-refractivity contribution in [2.45, 2.75) is 6.92 Å². The molecule has 0 saturated carbocycles. The molecule has 0 spiro atoms. The normalized spacial score (nSPS) is 11.1. The maximum atomic E-state index is 4.76. The van der Waals surface area contributed by atoms with Crippen LogP contribution >= 0.6 is 11.3 Å². The van der Waals surface area contributed by atoms with Gasteiger partial charge >= 0.3 is 0 Å². The van der Waals surface area contributed by atoms with Crippen molar-refractivity contribution in [2.75, 3.05) is 0 Å². The van der Waals surface area contributed by atoms with E-state index in [1.165, 1.54) is 4.88 Å². The van der Waals surface area contributed by atoms with Crippen LogP contribution in [-0.2, 0) is 0 Å². The summed E-state index contributed by atoms with van der Waals surface area (Å²) < 4.78 is 2.06. The topological polar surface area (TPSA) is 43.6 Å². The molecule has 5 heteroatoms. The van der Waals surface area contributed by atoms with Gasteiger partial charge in [-0.25, -0.2) is 9.97 Å². The van der Waals surface area contributed by atoms with E-state index in [2.05, 4.69) is 33.6 Å². The highest BCUT2D eigenvalue weighted by Crippen LogP contribution is 2.31. The summed E-state index contributed by atoms with van der Waals surface area (Å²) in [6.45, 7) is 2.10. The minimum Gasteiger partial charge on any atom is -0.274 e. The van der Waals surface area contributed by atoms with Gasteiger partial charge in [0.05, 0.1) is 16.8 Å². The zero-order chi connectivity index (χ0) is 14.2. The van der Waals surface area contributed by atoms with Crippen molar-refractivity contribution < 1.29 is 0 Å². The summed E-state index contributed by atoms with van der Waals surface area (Å²) in [5.41, 5.74) is 2.72. The van der Waals surface area contributed by atoms with Gasteiger partial charge in [-0.3, -0.25) is 9.55 Å². The van der Waals surface area contributed by atoms with Gasteiger partial charge < -0.3 is 0 Å². The van der Waals surface area contributed by atoms with E-state index >= 15 is 0 Å². The maximum Gasteiger partial charge on any atom is 0.165 e.